The number of ether oxygens (including phenoxy) is 1. The molecule has 0 aliphatic rings. The summed E-state index contributed by atoms with van der Waals surface area (Å²) in [5.74, 6) is -1.06. The van der Waals surface area contributed by atoms with Crippen LogP contribution in [0.25, 0.3) is 0 Å². The molecule has 4 nitrogen and oxygen atoms in total. The summed E-state index contributed by atoms with van der Waals surface area (Å²) < 4.78 is 5.03. The third-order valence-electron chi connectivity index (χ3n) is 1.69. The first kappa shape index (κ1) is 13.9. The molecule has 0 amide bonds. The van der Waals surface area contributed by atoms with Crippen LogP contribution < -0.4 is 0 Å². The first-order valence-corrected chi connectivity index (χ1v) is 5.19. The van der Waals surface area contributed by atoms with E-state index >= 15 is 0 Å². The van der Waals surface area contributed by atoms with Crippen LogP contribution in [0.3, 0.4) is 0 Å². The smallest absolute Gasteiger partial charge is 0.305 e. The third kappa shape index (κ3) is 10.9. The molecule has 0 unspecified atom stereocenters. The van der Waals surface area contributed by atoms with Crippen molar-refractivity contribution in [3.63, 3.8) is 0 Å². The molecule has 0 saturated heterocycles. The number of carbonyl (C=O) groups excluding carboxylic acids is 1. The zero-order chi connectivity index (χ0) is 11.9. The fourth-order valence-electron chi connectivity index (χ4n) is 0.915. The van der Waals surface area contributed by atoms with E-state index in [1.165, 1.54) is 0 Å². The van der Waals surface area contributed by atoms with Gasteiger partial charge >= 0.3 is 11.9 Å². The Labute approximate surface area is 90.6 Å². The summed E-state index contributed by atoms with van der Waals surface area (Å²) >= 11 is 0. The van der Waals surface area contributed by atoms with Crippen molar-refractivity contribution in [1.29, 1.82) is 0 Å². The van der Waals surface area contributed by atoms with Crippen molar-refractivity contribution < 1.29 is 19.4 Å². The SMILES string of the molecule is CC(C)(C)COC(=O)CCCCC(=O)O. The van der Waals surface area contributed by atoms with Crippen molar-refractivity contribution in [1.82, 2.24) is 0 Å². The predicted octanol–water partition coefficient (Wildman–Crippen LogP) is 2.22. The Hall–Kier alpha value is -1.06. The summed E-state index contributed by atoms with van der Waals surface area (Å²) in [6, 6.07) is 0. The summed E-state index contributed by atoms with van der Waals surface area (Å²) in [6.45, 7) is 6.38. The van der Waals surface area contributed by atoms with Crippen molar-refractivity contribution in [3.05, 3.63) is 0 Å². The summed E-state index contributed by atoms with van der Waals surface area (Å²) in [5, 5.41) is 8.37. The molecule has 15 heavy (non-hydrogen) atoms. The minimum absolute atomic E-state index is 0.0171. The van der Waals surface area contributed by atoms with E-state index in [9.17, 15) is 9.59 Å². The Balaban J connectivity index is 3.46. The molecule has 4 heteroatoms. The topological polar surface area (TPSA) is 63.6 Å². The van der Waals surface area contributed by atoms with Crippen LogP contribution in [0.5, 0.6) is 0 Å². The highest BCUT2D eigenvalue weighted by atomic mass is 16.5. The highest BCUT2D eigenvalue weighted by Crippen LogP contribution is 2.13. The molecule has 0 heterocycles. The van der Waals surface area contributed by atoms with Crippen molar-refractivity contribution in [2.24, 2.45) is 5.41 Å². The molecule has 1 N–H and O–H groups in total. The van der Waals surface area contributed by atoms with Gasteiger partial charge in [0.1, 0.15) is 0 Å². The van der Waals surface area contributed by atoms with Crippen LogP contribution in [0.15, 0.2) is 0 Å². The van der Waals surface area contributed by atoms with Gasteiger partial charge in [-0.25, -0.2) is 0 Å². The summed E-state index contributed by atoms with van der Waals surface area (Å²) in [4.78, 5) is 21.3. The first-order chi connectivity index (χ1) is 6.81. The Morgan fingerprint density at radius 3 is 2.13 bits per heavy atom. The van der Waals surface area contributed by atoms with E-state index in [1.807, 2.05) is 20.8 Å². The van der Waals surface area contributed by atoms with Crippen molar-refractivity contribution >= 4 is 11.9 Å². The standard InChI is InChI=1S/C11H20O4/c1-11(2,3)8-15-10(14)7-5-4-6-9(12)13/h4-8H2,1-3H3,(H,12,13). The van der Waals surface area contributed by atoms with Gasteiger partial charge in [-0.05, 0) is 18.3 Å². The van der Waals surface area contributed by atoms with Gasteiger partial charge < -0.3 is 9.84 Å². The molecule has 0 spiro atoms. The predicted molar refractivity (Wildman–Crippen MR) is 56.5 cm³/mol. The third-order valence-corrected chi connectivity index (χ3v) is 1.69. The van der Waals surface area contributed by atoms with Gasteiger partial charge in [-0.2, -0.15) is 0 Å². The number of carboxylic acids is 1. The first-order valence-electron chi connectivity index (χ1n) is 5.19. The van der Waals surface area contributed by atoms with Crippen LogP contribution >= 0.6 is 0 Å². The lowest BCUT2D eigenvalue weighted by atomic mass is 9.99. The number of carboxylic acid groups (broad SMARTS) is 1. The Morgan fingerprint density at radius 1 is 1.13 bits per heavy atom. The highest BCUT2D eigenvalue weighted by Gasteiger charge is 2.13. The summed E-state index contributed by atoms with van der Waals surface area (Å²) in [6.07, 6.45) is 1.53. The fraction of sp³-hybridized carbons (Fsp3) is 0.818. The molecule has 0 fully saturated rings. The van der Waals surface area contributed by atoms with Gasteiger partial charge in [0.15, 0.2) is 0 Å². The van der Waals surface area contributed by atoms with Crippen LogP contribution in [-0.4, -0.2) is 23.7 Å². The van der Waals surface area contributed by atoms with Crippen LogP contribution in [0, 0.1) is 5.41 Å². The van der Waals surface area contributed by atoms with Gasteiger partial charge in [-0.15, -0.1) is 0 Å². The van der Waals surface area contributed by atoms with E-state index in [4.69, 9.17) is 9.84 Å². The maximum absolute atomic E-state index is 11.2. The minimum atomic E-state index is -0.821. The van der Waals surface area contributed by atoms with E-state index in [0.717, 1.165) is 0 Å². The lowest BCUT2D eigenvalue weighted by molar-refractivity contribution is -0.147. The maximum Gasteiger partial charge on any atom is 0.305 e. The number of rotatable bonds is 6. The molecule has 0 aromatic carbocycles. The van der Waals surface area contributed by atoms with E-state index in [0.29, 0.717) is 25.9 Å². The van der Waals surface area contributed by atoms with Gasteiger partial charge in [-0.3, -0.25) is 9.59 Å². The van der Waals surface area contributed by atoms with E-state index < -0.39 is 5.97 Å². The second-order valence-electron chi connectivity index (χ2n) is 4.82. The molecule has 0 rings (SSSR count). The van der Waals surface area contributed by atoms with Crippen LogP contribution in [0.2, 0.25) is 0 Å². The number of carbonyl (C=O) groups is 2. The lowest BCUT2D eigenvalue weighted by Gasteiger charge is -2.17. The minimum Gasteiger partial charge on any atom is -0.481 e. The summed E-state index contributed by atoms with van der Waals surface area (Å²) in [5.41, 5.74) is -0.0171. The monoisotopic (exact) mass is 216 g/mol. The van der Waals surface area contributed by atoms with Gasteiger partial charge in [0.05, 0.1) is 6.61 Å². The van der Waals surface area contributed by atoms with Crippen molar-refractivity contribution in [2.45, 2.75) is 46.5 Å². The Morgan fingerprint density at radius 2 is 1.67 bits per heavy atom. The maximum atomic E-state index is 11.2. The normalized spacial score (nSPS) is 11.1. The highest BCUT2D eigenvalue weighted by molar-refractivity contribution is 5.69. The van der Waals surface area contributed by atoms with Crippen molar-refractivity contribution in [3.8, 4) is 0 Å². The molecule has 0 radical (unpaired) electrons. The Kier molecular flexibility index (Phi) is 5.97. The second-order valence-corrected chi connectivity index (χ2v) is 4.82. The number of aliphatic carboxylic acids is 1. The molecule has 0 aliphatic carbocycles. The zero-order valence-electron chi connectivity index (χ0n) is 9.71. The van der Waals surface area contributed by atoms with Gasteiger partial charge in [0.25, 0.3) is 0 Å². The van der Waals surface area contributed by atoms with E-state index in [2.05, 4.69) is 0 Å². The molecule has 88 valence electrons. The molecular weight excluding hydrogens is 196 g/mol. The fourth-order valence-corrected chi connectivity index (χ4v) is 0.915. The molecule has 0 bridgehead atoms. The number of hydrogen-bond acceptors (Lipinski definition) is 3. The van der Waals surface area contributed by atoms with Gasteiger partial charge in [0, 0.05) is 12.8 Å². The van der Waals surface area contributed by atoms with E-state index in [-0.39, 0.29) is 17.8 Å². The molecule has 0 atom stereocenters. The van der Waals surface area contributed by atoms with Gasteiger partial charge in [0.2, 0.25) is 0 Å². The average molecular weight is 216 g/mol. The van der Waals surface area contributed by atoms with Crippen LogP contribution in [0.1, 0.15) is 46.5 Å². The van der Waals surface area contributed by atoms with E-state index in [1.54, 1.807) is 0 Å². The van der Waals surface area contributed by atoms with Crippen LogP contribution in [0.4, 0.5) is 0 Å². The second kappa shape index (κ2) is 6.43. The van der Waals surface area contributed by atoms with Gasteiger partial charge in [-0.1, -0.05) is 20.8 Å². The van der Waals surface area contributed by atoms with Crippen molar-refractivity contribution in [2.75, 3.05) is 6.61 Å². The average Bonchev–Trinajstić information content (AvgIpc) is 2.07. The largest absolute Gasteiger partial charge is 0.481 e. The lowest BCUT2D eigenvalue weighted by Crippen LogP contribution is -2.18. The number of unbranched alkanes of at least 4 members (excludes halogenated alkanes) is 1. The Bertz CT molecular complexity index is 215. The zero-order valence-corrected chi connectivity index (χ0v) is 9.71. The number of hydrogen-bond donors (Lipinski definition) is 1. The molecule has 0 saturated carbocycles. The molecule has 0 aliphatic heterocycles. The van der Waals surface area contributed by atoms with Crippen LogP contribution in [-0.2, 0) is 14.3 Å². The molecule has 0 aromatic rings. The molecule has 0 aromatic heterocycles. The summed E-state index contributed by atoms with van der Waals surface area (Å²) in [7, 11) is 0. The molecular formula is C11H20O4. The quantitative estimate of drug-likeness (QED) is 0.546. The number of esters is 1.